The van der Waals surface area contributed by atoms with E-state index in [-0.39, 0.29) is 19.1 Å². The van der Waals surface area contributed by atoms with Gasteiger partial charge < -0.3 is 28.8 Å². The summed E-state index contributed by atoms with van der Waals surface area (Å²) >= 11 is 0. The first-order valence-corrected chi connectivity index (χ1v) is 33.6. The van der Waals surface area contributed by atoms with Gasteiger partial charge in [0.1, 0.15) is 13.2 Å². The number of hydrogen-bond donors (Lipinski definition) is 2. The van der Waals surface area contributed by atoms with Gasteiger partial charge in [0.05, 0.1) is 39.9 Å². The Balaban J connectivity index is 4.07. The van der Waals surface area contributed by atoms with Gasteiger partial charge in [-0.25, -0.2) is 0 Å². The lowest BCUT2D eigenvalue weighted by molar-refractivity contribution is -0.870. The number of nitrogens with zero attached hydrogens (tertiary/aromatic N) is 1. The number of quaternary nitrogens is 1. The van der Waals surface area contributed by atoms with Crippen LogP contribution in [0.15, 0.2) is 97.2 Å². The first kappa shape index (κ1) is 74.4. The number of hydrogen-bond acceptors (Lipinski definition) is 6. The van der Waals surface area contributed by atoms with Gasteiger partial charge in [0.15, 0.2) is 0 Å². The van der Waals surface area contributed by atoms with Crippen LogP contribution in [-0.4, -0.2) is 68.5 Å². The highest BCUT2D eigenvalue weighted by molar-refractivity contribution is 7.45. The van der Waals surface area contributed by atoms with Gasteiger partial charge in [0.2, 0.25) is 5.91 Å². The number of unbranched alkanes of at least 4 members (excludes halogenated alkanes) is 31. The number of phosphoric acid groups is 1. The largest absolute Gasteiger partial charge is 0.756 e. The Bertz CT molecular complexity index is 1570. The zero-order valence-corrected chi connectivity index (χ0v) is 51.8. The van der Waals surface area contributed by atoms with Crippen molar-refractivity contribution in [1.82, 2.24) is 5.32 Å². The Hall–Kier alpha value is -2.58. The second-order valence-corrected chi connectivity index (χ2v) is 24.1. The minimum atomic E-state index is -4.60. The molecule has 2 N–H and O–H groups in total. The molecule has 0 fully saturated rings. The number of aliphatic hydroxyl groups excluding tert-OH is 1. The molecular formula is C68H123N2O6P. The number of allylic oxidation sites excluding steroid dienone is 15. The fraction of sp³-hybridized carbons (Fsp3) is 0.750. The monoisotopic (exact) mass is 1090 g/mol. The molecule has 0 radical (unpaired) electrons. The van der Waals surface area contributed by atoms with Crippen molar-refractivity contribution in [3.05, 3.63) is 97.2 Å². The molecule has 0 aliphatic carbocycles. The lowest BCUT2D eigenvalue weighted by Crippen LogP contribution is -2.45. The molecule has 9 heteroatoms. The highest BCUT2D eigenvalue weighted by Gasteiger charge is 2.23. The summed E-state index contributed by atoms with van der Waals surface area (Å²) in [7, 11) is 1.26. The summed E-state index contributed by atoms with van der Waals surface area (Å²) in [6.45, 7) is 4.55. The maximum Gasteiger partial charge on any atom is 0.268 e. The quantitative estimate of drug-likeness (QED) is 0.0272. The van der Waals surface area contributed by atoms with Crippen molar-refractivity contribution in [3.63, 3.8) is 0 Å². The van der Waals surface area contributed by atoms with E-state index in [0.717, 1.165) is 83.5 Å². The van der Waals surface area contributed by atoms with E-state index in [1.807, 2.05) is 27.2 Å². The van der Waals surface area contributed by atoms with Crippen molar-refractivity contribution in [3.8, 4) is 0 Å². The Kier molecular flexibility index (Phi) is 56.1. The summed E-state index contributed by atoms with van der Waals surface area (Å²) in [5, 5.41) is 13.9. The predicted octanol–water partition coefficient (Wildman–Crippen LogP) is 19.5. The van der Waals surface area contributed by atoms with E-state index in [1.54, 1.807) is 6.08 Å². The number of likely N-dealkylation sites (N-methyl/N-ethyl adjacent to an activating group) is 1. The number of carbonyl (C=O) groups is 1. The van der Waals surface area contributed by atoms with Gasteiger partial charge in [-0.15, -0.1) is 0 Å². The van der Waals surface area contributed by atoms with Crippen molar-refractivity contribution in [2.24, 2.45) is 0 Å². The van der Waals surface area contributed by atoms with E-state index in [9.17, 15) is 19.4 Å². The predicted molar refractivity (Wildman–Crippen MR) is 334 cm³/mol. The number of carbonyl (C=O) groups excluding carboxylic acids is 1. The highest BCUT2D eigenvalue weighted by Crippen LogP contribution is 2.38. The lowest BCUT2D eigenvalue weighted by atomic mass is 10.0. The summed E-state index contributed by atoms with van der Waals surface area (Å²) < 4.78 is 23.4. The van der Waals surface area contributed by atoms with Crippen molar-refractivity contribution in [2.75, 3.05) is 40.9 Å². The average Bonchev–Trinajstić information content (AvgIpc) is 3.39. The standard InChI is InChI=1S/C68H123N2O6P/c1-6-8-10-12-14-16-18-20-22-24-26-27-28-29-30-31-32-33-34-35-36-37-38-39-40-41-42-43-44-46-48-50-52-54-56-58-60-62-68(72)69-66(65-76-77(73,74)75-64-63-70(3,4)5)67(71)61-59-57-55-53-51-49-47-45-25-23-21-19-17-15-13-11-9-7-2/h8,10,14,16,20,22,26-27,29-30,32-33,35-36,59,61,66-67,71H,6-7,9,11-13,15,17-19,21,23-25,28,31,34,37-58,60,62-65H2,1-5H3,(H-,69,72,73,74)/b10-8-,16-14-,22-20-,27-26-,30-29-,33-32-,36-35-,61-59+. The van der Waals surface area contributed by atoms with Crippen LogP contribution in [0.4, 0.5) is 0 Å². The Morgan fingerprint density at radius 1 is 0.468 bits per heavy atom. The molecule has 0 saturated carbocycles. The van der Waals surface area contributed by atoms with Crippen LogP contribution in [0.3, 0.4) is 0 Å². The molecule has 0 aromatic carbocycles. The molecule has 0 aliphatic heterocycles. The highest BCUT2D eigenvalue weighted by atomic mass is 31.2. The summed E-state index contributed by atoms with van der Waals surface area (Å²) in [4.78, 5) is 25.6. The SMILES string of the molecule is CC/C=C\C/C=C\C/C=C\C/C=C\C/C=C\C/C=C\C/C=C\CCCCCCCCCCCCCCCCCC(=O)NC(COP(=O)([O-])OCC[N+](C)(C)C)C(O)/C=C/CCCCCCCCCCCCCCCCCC. The average molecular weight is 1100 g/mol. The van der Waals surface area contributed by atoms with Crippen molar-refractivity contribution in [2.45, 2.75) is 289 Å². The molecule has 0 spiro atoms. The van der Waals surface area contributed by atoms with Crippen LogP contribution in [0.2, 0.25) is 0 Å². The van der Waals surface area contributed by atoms with E-state index in [2.05, 4.69) is 104 Å². The van der Waals surface area contributed by atoms with E-state index >= 15 is 0 Å². The Morgan fingerprint density at radius 2 is 0.792 bits per heavy atom. The summed E-state index contributed by atoms with van der Waals surface area (Å²) in [6, 6.07) is -0.891. The molecule has 0 aromatic rings. The molecule has 446 valence electrons. The molecule has 0 saturated heterocycles. The van der Waals surface area contributed by atoms with Crippen molar-refractivity contribution < 1.29 is 32.9 Å². The minimum absolute atomic E-state index is 0.00326. The normalized spacial score (nSPS) is 14.4. The van der Waals surface area contributed by atoms with Crippen LogP contribution in [0, 0.1) is 0 Å². The fourth-order valence-corrected chi connectivity index (χ4v) is 9.80. The summed E-state index contributed by atoms with van der Waals surface area (Å²) in [5.41, 5.74) is 0. The molecule has 0 aromatic heterocycles. The number of aliphatic hydroxyl groups is 1. The third-order valence-corrected chi connectivity index (χ3v) is 15.0. The van der Waals surface area contributed by atoms with E-state index in [0.29, 0.717) is 17.4 Å². The maximum absolute atomic E-state index is 13.0. The molecule has 8 nitrogen and oxygen atoms in total. The zero-order valence-electron chi connectivity index (χ0n) is 50.9. The molecule has 3 unspecified atom stereocenters. The molecule has 3 atom stereocenters. The van der Waals surface area contributed by atoms with E-state index in [1.165, 1.54) is 173 Å². The Morgan fingerprint density at radius 3 is 1.16 bits per heavy atom. The minimum Gasteiger partial charge on any atom is -0.756 e. The van der Waals surface area contributed by atoms with Crippen LogP contribution in [-0.2, 0) is 18.4 Å². The third kappa shape index (κ3) is 60.9. The van der Waals surface area contributed by atoms with Crippen LogP contribution < -0.4 is 10.2 Å². The van der Waals surface area contributed by atoms with Crippen LogP contribution in [0.5, 0.6) is 0 Å². The number of nitrogens with one attached hydrogen (secondary N) is 1. The second-order valence-electron chi connectivity index (χ2n) is 22.7. The lowest BCUT2D eigenvalue weighted by Gasteiger charge is -2.29. The Labute approximate surface area is 477 Å². The molecule has 0 bridgehead atoms. The van der Waals surface area contributed by atoms with Gasteiger partial charge >= 0.3 is 0 Å². The second kappa shape index (κ2) is 58.1. The molecule has 77 heavy (non-hydrogen) atoms. The van der Waals surface area contributed by atoms with Gasteiger partial charge in [-0.1, -0.05) is 291 Å². The molecule has 0 rings (SSSR count). The number of amides is 1. The molecule has 0 heterocycles. The first-order chi connectivity index (χ1) is 37.5. The zero-order chi connectivity index (χ0) is 56.3. The summed E-state index contributed by atoms with van der Waals surface area (Å²) in [5.74, 6) is -0.198. The van der Waals surface area contributed by atoms with Crippen LogP contribution in [0.25, 0.3) is 0 Å². The molecular weight excluding hydrogens is 972 g/mol. The smallest absolute Gasteiger partial charge is 0.268 e. The van der Waals surface area contributed by atoms with Gasteiger partial charge in [-0.05, 0) is 77.0 Å². The number of rotatable bonds is 58. The first-order valence-electron chi connectivity index (χ1n) is 32.1. The van der Waals surface area contributed by atoms with Crippen molar-refractivity contribution >= 4 is 13.7 Å². The van der Waals surface area contributed by atoms with Gasteiger partial charge in [-0.3, -0.25) is 9.36 Å². The van der Waals surface area contributed by atoms with Crippen LogP contribution in [0.1, 0.15) is 277 Å². The number of phosphoric ester groups is 1. The van der Waals surface area contributed by atoms with Gasteiger partial charge in [0, 0.05) is 6.42 Å². The van der Waals surface area contributed by atoms with Crippen LogP contribution >= 0.6 is 7.82 Å². The van der Waals surface area contributed by atoms with Gasteiger partial charge in [-0.2, -0.15) is 0 Å². The fourth-order valence-electron chi connectivity index (χ4n) is 9.08. The molecule has 1 amide bonds. The van der Waals surface area contributed by atoms with E-state index in [4.69, 9.17) is 9.05 Å². The van der Waals surface area contributed by atoms with Crippen molar-refractivity contribution in [1.29, 1.82) is 0 Å². The van der Waals surface area contributed by atoms with Gasteiger partial charge in [0.25, 0.3) is 7.82 Å². The maximum atomic E-state index is 13.0. The summed E-state index contributed by atoms with van der Waals surface area (Å²) in [6.07, 6.45) is 83.6. The topological polar surface area (TPSA) is 108 Å². The molecule has 0 aliphatic rings. The van der Waals surface area contributed by atoms with E-state index < -0.39 is 20.0 Å². The third-order valence-electron chi connectivity index (χ3n) is 14.0.